The summed E-state index contributed by atoms with van der Waals surface area (Å²) >= 11 is 10.6. The molecule has 0 atom stereocenters. The minimum atomic E-state index is -2.75. The first-order chi connectivity index (χ1) is 13.6. The van der Waals surface area contributed by atoms with E-state index in [1.165, 1.54) is 51.8 Å². The van der Waals surface area contributed by atoms with Crippen LogP contribution in [0, 0.1) is 0 Å². The van der Waals surface area contributed by atoms with Crippen molar-refractivity contribution >= 4 is 45.3 Å². The minimum absolute atomic E-state index is 0.363. The molecule has 0 radical (unpaired) electrons. The zero-order valence-electron chi connectivity index (χ0n) is 17.5. The SMILES string of the molecule is CCC[CH2][Sn]([CH2]CCC)([CH2]CCC)[c]1nc(Cl)n(OCc2ccccc2)c1Cl. The fourth-order valence-corrected chi connectivity index (χ4v) is 21.3. The number of imidazole rings is 1. The van der Waals surface area contributed by atoms with Crippen LogP contribution in [0.5, 0.6) is 0 Å². The molecule has 1 aromatic carbocycles. The van der Waals surface area contributed by atoms with Crippen molar-refractivity contribution in [2.75, 3.05) is 0 Å². The van der Waals surface area contributed by atoms with Crippen molar-refractivity contribution in [3.8, 4) is 0 Å². The summed E-state index contributed by atoms with van der Waals surface area (Å²) in [7, 11) is 0. The monoisotopic (exact) mass is 532 g/mol. The molecule has 0 bridgehead atoms. The fourth-order valence-electron chi connectivity index (χ4n) is 3.80. The van der Waals surface area contributed by atoms with E-state index in [1.54, 1.807) is 4.73 Å². The van der Waals surface area contributed by atoms with Gasteiger partial charge in [-0.15, -0.1) is 0 Å². The van der Waals surface area contributed by atoms with Crippen molar-refractivity contribution < 1.29 is 4.84 Å². The van der Waals surface area contributed by atoms with Crippen molar-refractivity contribution in [3.63, 3.8) is 0 Å². The molecule has 156 valence electrons. The van der Waals surface area contributed by atoms with Gasteiger partial charge in [0.2, 0.25) is 0 Å². The average Bonchev–Trinajstić information content (AvgIpc) is 3.01. The summed E-state index contributed by atoms with van der Waals surface area (Å²) < 4.78 is 6.59. The zero-order valence-corrected chi connectivity index (χ0v) is 21.9. The van der Waals surface area contributed by atoms with Gasteiger partial charge in [0.15, 0.2) is 0 Å². The van der Waals surface area contributed by atoms with Crippen LogP contribution in [0.4, 0.5) is 0 Å². The van der Waals surface area contributed by atoms with Gasteiger partial charge in [-0.3, -0.25) is 0 Å². The molecule has 0 aliphatic rings. The molecule has 0 N–H and O–H groups in total. The van der Waals surface area contributed by atoms with Crippen LogP contribution < -0.4 is 8.55 Å². The zero-order chi connectivity index (χ0) is 20.4. The van der Waals surface area contributed by atoms with Crippen LogP contribution >= 0.6 is 23.2 Å². The Labute approximate surface area is 184 Å². The second kappa shape index (κ2) is 12.3. The molecule has 6 heteroatoms. The van der Waals surface area contributed by atoms with Crippen molar-refractivity contribution in [1.82, 2.24) is 9.71 Å². The molecular weight excluding hydrogens is 498 g/mol. The third kappa shape index (κ3) is 6.30. The molecule has 1 aromatic heterocycles. The number of hydrogen-bond donors (Lipinski definition) is 0. The summed E-state index contributed by atoms with van der Waals surface area (Å²) in [6, 6.07) is 10.1. The standard InChI is InChI=1S/C10H7Cl2N2O.3C4H9.Sn/c11-9-6-13-10(12)14(9)15-7-8-4-2-1-3-5-8;3*1-3-4-2;/h1-5H,7H2;3*1,3-4H2,2H3;. The van der Waals surface area contributed by atoms with Gasteiger partial charge in [-0.25, -0.2) is 0 Å². The van der Waals surface area contributed by atoms with Gasteiger partial charge in [-0.05, 0) is 0 Å². The number of unbranched alkanes of at least 4 members (excludes halogenated alkanes) is 3. The number of halogens is 2. The van der Waals surface area contributed by atoms with Gasteiger partial charge in [0.05, 0.1) is 0 Å². The number of aromatic nitrogens is 2. The molecule has 0 aliphatic heterocycles. The predicted molar refractivity (Wildman–Crippen MR) is 124 cm³/mol. The molecule has 0 fully saturated rings. The van der Waals surface area contributed by atoms with Crippen molar-refractivity contribution in [2.45, 2.75) is 79.2 Å². The summed E-state index contributed by atoms with van der Waals surface area (Å²) in [5.41, 5.74) is 1.09. The first-order valence-corrected chi connectivity index (χ1v) is 18.9. The van der Waals surface area contributed by atoms with Gasteiger partial charge >= 0.3 is 185 Å². The van der Waals surface area contributed by atoms with Crippen LogP contribution in [0.25, 0.3) is 0 Å². The molecule has 1 heterocycles. The summed E-state index contributed by atoms with van der Waals surface area (Å²) in [5.74, 6) is 0. The number of nitrogens with zero attached hydrogens (tertiary/aromatic N) is 2. The molecule has 0 unspecified atom stereocenters. The summed E-state index contributed by atoms with van der Waals surface area (Å²) in [5, 5.41) is 0.988. The number of hydrogen-bond acceptors (Lipinski definition) is 2. The van der Waals surface area contributed by atoms with E-state index in [9.17, 15) is 0 Å². The van der Waals surface area contributed by atoms with Crippen molar-refractivity contribution in [1.29, 1.82) is 0 Å². The Kier molecular flexibility index (Phi) is 10.5. The molecule has 28 heavy (non-hydrogen) atoms. The van der Waals surface area contributed by atoms with Crippen LogP contribution in [0.2, 0.25) is 23.7 Å². The van der Waals surface area contributed by atoms with Crippen LogP contribution in [-0.2, 0) is 6.61 Å². The Hall–Kier alpha value is -0.391. The molecule has 0 saturated carbocycles. The van der Waals surface area contributed by atoms with Crippen LogP contribution in [0.15, 0.2) is 30.3 Å². The Morgan fingerprint density at radius 2 is 1.43 bits per heavy atom. The Balaban J connectivity index is 2.33. The first kappa shape index (κ1) is 23.9. The van der Waals surface area contributed by atoms with Gasteiger partial charge in [0, 0.05) is 0 Å². The van der Waals surface area contributed by atoms with Crippen LogP contribution in [-0.4, -0.2) is 28.1 Å². The quantitative estimate of drug-likeness (QED) is 0.264. The maximum atomic E-state index is 6.86. The van der Waals surface area contributed by atoms with Gasteiger partial charge in [0.25, 0.3) is 0 Å². The van der Waals surface area contributed by atoms with Crippen LogP contribution in [0.1, 0.15) is 64.9 Å². The van der Waals surface area contributed by atoms with Gasteiger partial charge in [-0.1, -0.05) is 0 Å². The van der Waals surface area contributed by atoms with Crippen LogP contribution in [0.3, 0.4) is 0 Å². The third-order valence-corrected chi connectivity index (χ3v) is 21.6. The number of benzene rings is 1. The molecular formula is C22H34Cl2N2OSn. The Bertz CT molecular complexity index is 684. The topological polar surface area (TPSA) is 27.1 Å². The Morgan fingerprint density at radius 1 is 0.893 bits per heavy atom. The van der Waals surface area contributed by atoms with Gasteiger partial charge in [-0.2, -0.15) is 0 Å². The summed E-state index contributed by atoms with van der Waals surface area (Å²) in [6.45, 7) is 7.24. The molecule has 0 amide bonds. The fraction of sp³-hybridized carbons (Fsp3) is 0.591. The van der Waals surface area contributed by atoms with E-state index < -0.39 is 18.4 Å². The van der Waals surface area contributed by atoms with Crippen molar-refractivity contribution in [2.24, 2.45) is 0 Å². The second-order valence-electron chi connectivity index (χ2n) is 7.66. The predicted octanol–water partition coefficient (Wildman–Crippen LogP) is 6.87. The second-order valence-corrected chi connectivity index (χ2v) is 21.3. The summed E-state index contributed by atoms with van der Waals surface area (Å²) in [4.78, 5) is 10.8. The first-order valence-electron chi connectivity index (χ1n) is 10.7. The van der Waals surface area contributed by atoms with E-state index in [4.69, 9.17) is 33.0 Å². The van der Waals surface area contributed by atoms with E-state index >= 15 is 0 Å². The molecule has 0 aliphatic carbocycles. The molecule has 3 nitrogen and oxygen atoms in total. The maximum absolute atomic E-state index is 6.86. The average molecular weight is 532 g/mol. The van der Waals surface area contributed by atoms with E-state index in [0.29, 0.717) is 17.0 Å². The van der Waals surface area contributed by atoms with E-state index in [1.807, 2.05) is 30.3 Å². The molecule has 0 saturated heterocycles. The molecule has 2 rings (SSSR count). The van der Waals surface area contributed by atoms with Gasteiger partial charge in [0.1, 0.15) is 0 Å². The normalized spacial score (nSPS) is 11.8. The molecule has 0 spiro atoms. The molecule has 2 aromatic rings. The van der Waals surface area contributed by atoms with Gasteiger partial charge < -0.3 is 0 Å². The van der Waals surface area contributed by atoms with E-state index in [2.05, 4.69) is 20.8 Å². The van der Waals surface area contributed by atoms with Crippen molar-refractivity contribution in [3.05, 3.63) is 46.3 Å². The number of rotatable bonds is 13. The Morgan fingerprint density at radius 3 is 1.93 bits per heavy atom. The van der Waals surface area contributed by atoms with E-state index in [0.717, 1.165) is 9.27 Å². The summed E-state index contributed by atoms with van der Waals surface area (Å²) in [6.07, 6.45) is 7.42. The third-order valence-electron chi connectivity index (χ3n) is 5.48. The van der Waals surface area contributed by atoms with E-state index in [-0.39, 0.29) is 0 Å².